The number of hydrogen-bond donors (Lipinski definition) is 4. The molecule has 32 heavy (non-hydrogen) atoms. The molecule has 4 N–H and O–H groups in total. The number of allylic oxidation sites excluding steroid dienone is 1. The Balaban J connectivity index is 0.00000118. The van der Waals surface area contributed by atoms with Crippen LogP contribution in [0.4, 0.5) is 0 Å². The van der Waals surface area contributed by atoms with Gasteiger partial charge in [0.15, 0.2) is 0 Å². The highest BCUT2D eigenvalue weighted by atomic mass is 16.5. The van der Waals surface area contributed by atoms with Crippen molar-refractivity contribution in [3.8, 4) is 0 Å². The maximum Gasteiger partial charge on any atom is 0.247 e. The van der Waals surface area contributed by atoms with E-state index in [1.807, 2.05) is 13.8 Å². The second-order valence-electron chi connectivity index (χ2n) is 8.31. The number of nitrogens with one attached hydrogen (secondary N) is 3. The van der Waals surface area contributed by atoms with Crippen molar-refractivity contribution in [1.82, 2.24) is 16.1 Å². The van der Waals surface area contributed by atoms with E-state index in [-0.39, 0.29) is 11.8 Å². The van der Waals surface area contributed by atoms with E-state index in [1.165, 1.54) is 11.1 Å². The quantitative estimate of drug-likeness (QED) is 0.160. The van der Waals surface area contributed by atoms with Crippen molar-refractivity contribution < 1.29 is 19.6 Å². The van der Waals surface area contributed by atoms with Crippen LogP contribution >= 0.6 is 0 Å². The molecule has 0 heterocycles. The van der Waals surface area contributed by atoms with Gasteiger partial charge in [-0.3, -0.25) is 14.8 Å². The molecule has 0 saturated heterocycles. The zero-order valence-corrected chi connectivity index (χ0v) is 20.2. The molecule has 0 aliphatic carbocycles. The Labute approximate surface area is 193 Å². The zero-order chi connectivity index (χ0) is 24.4. The monoisotopic (exact) mass is 447 g/mol. The van der Waals surface area contributed by atoms with Gasteiger partial charge in [0.2, 0.25) is 11.8 Å². The van der Waals surface area contributed by atoms with Crippen molar-refractivity contribution in [3.63, 3.8) is 0 Å². The normalized spacial score (nSPS) is 12.6. The second-order valence-corrected chi connectivity index (χ2v) is 8.31. The van der Waals surface area contributed by atoms with E-state index in [0.717, 1.165) is 25.5 Å². The molecule has 0 spiro atoms. The number of amides is 2. The lowest BCUT2D eigenvalue weighted by Gasteiger charge is -2.22. The lowest BCUT2D eigenvalue weighted by atomic mass is 9.83. The standard InChI is InChI=1S/C21H31NO3.C4H10N2O/c1-16(2)14-19(15-23)20(21(24)22-25)9-7-5-4-6-8-18-12-10-17(3)11-13-18;1-5-3-4(7)6-2/h6,8,10-13,15-16,19-20,25H,4-5,7,9,14H2,1-3H3,(H,22,24);5H,3H2,1-2H3,(H,6,7)/b8-6-;/t19-,20?;/m0./s1. The molecule has 180 valence electrons. The van der Waals surface area contributed by atoms with Crippen LogP contribution in [-0.4, -0.2) is 43.9 Å². The van der Waals surface area contributed by atoms with Crippen LogP contribution in [0.1, 0.15) is 57.1 Å². The first kappa shape index (κ1) is 29.5. The van der Waals surface area contributed by atoms with E-state index in [9.17, 15) is 14.4 Å². The Morgan fingerprint density at radius 2 is 1.75 bits per heavy atom. The van der Waals surface area contributed by atoms with Crippen molar-refractivity contribution in [2.24, 2.45) is 17.8 Å². The first-order valence-corrected chi connectivity index (χ1v) is 11.3. The molecule has 7 nitrogen and oxygen atoms in total. The van der Waals surface area contributed by atoms with Gasteiger partial charge in [0.05, 0.1) is 6.54 Å². The number of unbranched alkanes of at least 4 members (excludes halogenated alkanes) is 2. The number of rotatable bonds is 13. The molecule has 1 rings (SSSR count). The van der Waals surface area contributed by atoms with Crippen molar-refractivity contribution in [1.29, 1.82) is 0 Å². The Morgan fingerprint density at radius 3 is 2.22 bits per heavy atom. The third-order valence-corrected chi connectivity index (χ3v) is 5.02. The summed E-state index contributed by atoms with van der Waals surface area (Å²) in [6.07, 6.45) is 9.09. The van der Waals surface area contributed by atoms with Crippen molar-refractivity contribution in [2.75, 3.05) is 20.6 Å². The fraction of sp³-hybridized carbons (Fsp3) is 0.560. The van der Waals surface area contributed by atoms with Gasteiger partial charge in [-0.25, -0.2) is 5.48 Å². The molecule has 0 radical (unpaired) electrons. The lowest BCUT2D eigenvalue weighted by molar-refractivity contribution is -0.137. The van der Waals surface area contributed by atoms with E-state index in [2.05, 4.69) is 54.0 Å². The smallest absolute Gasteiger partial charge is 0.247 e. The van der Waals surface area contributed by atoms with Crippen LogP contribution in [0.5, 0.6) is 0 Å². The van der Waals surface area contributed by atoms with E-state index >= 15 is 0 Å². The van der Waals surface area contributed by atoms with Gasteiger partial charge < -0.3 is 15.4 Å². The molecule has 0 saturated carbocycles. The summed E-state index contributed by atoms with van der Waals surface area (Å²) in [5, 5.41) is 14.1. The molecule has 7 heteroatoms. The second kappa shape index (κ2) is 18.1. The first-order chi connectivity index (χ1) is 15.3. The van der Waals surface area contributed by atoms with Gasteiger partial charge in [-0.1, -0.05) is 62.2 Å². The van der Waals surface area contributed by atoms with Gasteiger partial charge in [-0.2, -0.15) is 0 Å². The molecular formula is C25H41N3O4. The minimum absolute atomic E-state index is 0.0162. The van der Waals surface area contributed by atoms with E-state index < -0.39 is 11.8 Å². The third-order valence-electron chi connectivity index (χ3n) is 5.02. The number of carbonyl (C=O) groups excluding carboxylic acids is 3. The van der Waals surface area contributed by atoms with Crippen molar-refractivity contribution in [3.05, 3.63) is 41.5 Å². The third kappa shape index (κ3) is 13.7. The van der Waals surface area contributed by atoms with Gasteiger partial charge in [0, 0.05) is 18.9 Å². The number of hydroxylamine groups is 1. The van der Waals surface area contributed by atoms with E-state index in [1.54, 1.807) is 19.6 Å². The summed E-state index contributed by atoms with van der Waals surface area (Å²) in [4.78, 5) is 33.5. The SMILES string of the molecule is CNCC(=O)NC.Cc1ccc(/C=C\CCCCC(C(=O)NO)[C@H](C=O)CC(C)C)cc1. The molecule has 2 amide bonds. The minimum atomic E-state index is -0.453. The molecular weight excluding hydrogens is 406 g/mol. The van der Waals surface area contributed by atoms with Crippen LogP contribution < -0.4 is 16.1 Å². The van der Waals surface area contributed by atoms with Gasteiger partial charge in [0.25, 0.3) is 0 Å². The molecule has 2 atom stereocenters. The van der Waals surface area contributed by atoms with Crippen LogP contribution in [0.15, 0.2) is 30.3 Å². The Morgan fingerprint density at radius 1 is 1.09 bits per heavy atom. The summed E-state index contributed by atoms with van der Waals surface area (Å²) in [7, 11) is 3.34. The molecule has 1 unspecified atom stereocenters. The molecule has 0 bridgehead atoms. The Bertz CT molecular complexity index is 687. The summed E-state index contributed by atoms with van der Waals surface area (Å²) < 4.78 is 0. The van der Waals surface area contributed by atoms with Crippen molar-refractivity contribution in [2.45, 2.75) is 52.9 Å². The Kier molecular flexibility index (Phi) is 16.7. The average molecular weight is 448 g/mol. The fourth-order valence-corrected chi connectivity index (χ4v) is 3.25. The van der Waals surface area contributed by atoms with Gasteiger partial charge >= 0.3 is 0 Å². The Hall–Kier alpha value is -2.51. The average Bonchev–Trinajstić information content (AvgIpc) is 2.78. The number of hydrogen-bond acceptors (Lipinski definition) is 5. The predicted molar refractivity (Wildman–Crippen MR) is 129 cm³/mol. The summed E-state index contributed by atoms with van der Waals surface area (Å²) in [5.41, 5.74) is 4.15. The van der Waals surface area contributed by atoms with Crippen LogP contribution in [0.2, 0.25) is 0 Å². The topological polar surface area (TPSA) is 108 Å². The first-order valence-electron chi connectivity index (χ1n) is 11.3. The van der Waals surface area contributed by atoms with Crippen LogP contribution in [0, 0.1) is 24.7 Å². The summed E-state index contributed by atoms with van der Waals surface area (Å²) in [6.45, 7) is 6.52. The van der Waals surface area contributed by atoms with Crippen LogP contribution in [0.25, 0.3) is 6.08 Å². The summed E-state index contributed by atoms with van der Waals surface area (Å²) in [5.74, 6) is -0.890. The van der Waals surface area contributed by atoms with Gasteiger partial charge in [-0.15, -0.1) is 0 Å². The molecule has 1 aromatic rings. The number of benzene rings is 1. The summed E-state index contributed by atoms with van der Waals surface area (Å²) >= 11 is 0. The van der Waals surface area contributed by atoms with E-state index in [0.29, 0.717) is 25.3 Å². The van der Waals surface area contributed by atoms with Gasteiger partial charge in [-0.05, 0) is 51.1 Å². The number of carbonyl (C=O) groups is 3. The molecule has 0 aromatic heterocycles. The minimum Gasteiger partial charge on any atom is -0.358 e. The molecule has 0 aliphatic heterocycles. The number of aryl methyl sites for hydroxylation is 1. The zero-order valence-electron chi connectivity index (χ0n) is 20.2. The number of aldehydes is 1. The highest BCUT2D eigenvalue weighted by Crippen LogP contribution is 2.24. The van der Waals surface area contributed by atoms with E-state index in [4.69, 9.17) is 5.21 Å². The van der Waals surface area contributed by atoms with Crippen molar-refractivity contribution >= 4 is 24.2 Å². The highest BCUT2D eigenvalue weighted by molar-refractivity contribution is 5.80. The number of likely N-dealkylation sites (N-methyl/N-ethyl adjacent to an activating group) is 2. The molecule has 0 aliphatic rings. The molecule has 0 fully saturated rings. The largest absolute Gasteiger partial charge is 0.358 e. The molecule has 1 aromatic carbocycles. The highest BCUT2D eigenvalue weighted by Gasteiger charge is 2.28. The van der Waals surface area contributed by atoms with Crippen LogP contribution in [0.3, 0.4) is 0 Å². The maximum absolute atomic E-state index is 11.9. The summed E-state index contributed by atoms with van der Waals surface area (Å²) in [6, 6.07) is 8.36. The maximum atomic E-state index is 11.9. The van der Waals surface area contributed by atoms with Gasteiger partial charge in [0.1, 0.15) is 6.29 Å². The van der Waals surface area contributed by atoms with Crippen LogP contribution in [-0.2, 0) is 14.4 Å². The fourth-order valence-electron chi connectivity index (χ4n) is 3.25. The predicted octanol–water partition coefficient (Wildman–Crippen LogP) is 3.50. The lowest BCUT2D eigenvalue weighted by Crippen LogP contribution is -2.34.